The van der Waals surface area contributed by atoms with E-state index >= 15 is 18.0 Å². The topological polar surface area (TPSA) is 83.1 Å². The molecule has 0 spiro atoms. The van der Waals surface area contributed by atoms with E-state index in [9.17, 15) is 4.79 Å². The zero-order valence-electron chi connectivity index (χ0n) is 64.5. The second-order valence-corrected chi connectivity index (χ2v) is 31.3. The molecule has 10 heteroatoms. The molecule has 109 heavy (non-hydrogen) atoms. The summed E-state index contributed by atoms with van der Waals surface area (Å²) in [6, 6.07) is 66.6. The number of hydrogen-bond donors (Lipinski definition) is 1. The van der Waals surface area contributed by atoms with Gasteiger partial charge in [0.25, 0.3) is 5.91 Å². The molecule has 3 aliphatic rings. The van der Waals surface area contributed by atoms with Gasteiger partial charge >= 0.3 is 12.1 Å². The van der Waals surface area contributed by atoms with Crippen LogP contribution < -0.4 is 24.3 Å². The van der Waals surface area contributed by atoms with Crippen LogP contribution >= 0.6 is 0 Å². The molecule has 1 heterocycles. The molecule has 2 atom stereocenters. The molecule has 1 N–H and O–H groups in total. The molecular weight excluding hydrogens is 1360 g/mol. The van der Waals surface area contributed by atoms with Gasteiger partial charge in [-0.15, -0.1) is 0 Å². The Labute approximate surface area is 642 Å². The summed E-state index contributed by atoms with van der Waals surface area (Å²) in [5, 5.41) is 5.87. The van der Waals surface area contributed by atoms with E-state index in [1.807, 2.05) is 154 Å². The third-order valence-corrected chi connectivity index (χ3v) is 23.7. The first-order chi connectivity index (χ1) is 52.9. The van der Waals surface area contributed by atoms with Gasteiger partial charge in [0.2, 0.25) is 0 Å². The molecular formula is C99H102F3NO6. The molecule has 0 saturated heterocycles. The highest BCUT2D eigenvalue weighted by molar-refractivity contribution is 6.24. The van der Waals surface area contributed by atoms with Crippen LogP contribution in [0.4, 0.5) is 18.9 Å². The van der Waals surface area contributed by atoms with Crippen molar-refractivity contribution in [2.75, 3.05) is 19.0 Å². The normalized spacial score (nSPS) is 16.6. The Balaban J connectivity index is 0.860. The summed E-state index contributed by atoms with van der Waals surface area (Å²) in [5.74, 6) is 3.54. The number of benzene rings is 11. The van der Waals surface area contributed by atoms with Gasteiger partial charge in [0.05, 0.1) is 24.8 Å². The van der Waals surface area contributed by atoms with E-state index in [-0.39, 0.29) is 11.7 Å². The van der Waals surface area contributed by atoms with Crippen molar-refractivity contribution in [2.45, 2.75) is 187 Å². The van der Waals surface area contributed by atoms with E-state index in [1.165, 1.54) is 120 Å². The maximum absolute atomic E-state index is 15.1. The van der Waals surface area contributed by atoms with Gasteiger partial charge < -0.3 is 24.3 Å². The van der Waals surface area contributed by atoms with Crippen molar-refractivity contribution in [3.8, 4) is 67.5 Å². The Morgan fingerprint density at radius 2 is 1.21 bits per heavy atom. The van der Waals surface area contributed by atoms with Crippen LogP contribution in [-0.2, 0) is 23.6 Å². The first kappa shape index (κ1) is 75.6. The molecule has 0 aromatic heterocycles. The van der Waals surface area contributed by atoms with E-state index in [1.54, 1.807) is 13.2 Å². The van der Waals surface area contributed by atoms with Crippen molar-refractivity contribution in [1.82, 2.24) is 0 Å². The molecule has 1 fully saturated rings. The number of amides is 1. The molecule has 7 nitrogen and oxygen atoms in total. The minimum atomic E-state index is -4.61. The lowest BCUT2D eigenvalue weighted by molar-refractivity contribution is -0.137. The predicted molar refractivity (Wildman–Crippen MR) is 441 cm³/mol. The number of rotatable bonds is 28. The standard InChI is InChI=1S/C99H102F3NO6/c1-9-13-16-20-65(19-12-4)24-25-67-28-32-69(33-29-67)73-40-44-75(45-41-73)96(105)108-89-23-18-22-84-90(89)86(82-57-51-79(61-64(82)5)103-95(104)74-42-38-72(39-43-74)71-36-34-70(35-37-71)68-30-26-66(27-31-68)21-17-14-10-2)63-87-91-83-56-50-78(99(100,101)102)62-88(83)97(6,7)93(91)85-58-59-98(109-94(85)92(84)87,76-46-52-80(106-8)53-47-76)77-48-54-81(55-49-77)107-60-15-11-3/h18,22-23,28-29,32-59,61-63,65-66,68H,9-17,19-21,24-27,30-31,60H2,1-8H3,(H,103,104). The van der Waals surface area contributed by atoms with Crippen LogP contribution in [0.25, 0.3) is 72.1 Å². The highest BCUT2D eigenvalue weighted by atomic mass is 19.4. The number of esters is 1. The number of hydrogen-bond acceptors (Lipinski definition) is 6. The van der Waals surface area contributed by atoms with Crippen molar-refractivity contribution in [3.05, 3.63) is 274 Å². The van der Waals surface area contributed by atoms with Gasteiger partial charge in [-0.05, 0) is 244 Å². The highest BCUT2D eigenvalue weighted by Crippen LogP contribution is 2.61. The van der Waals surface area contributed by atoms with Gasteiger partial charge in [0.15, 0.2) is 5.60 Å². The number of fused-ring (bicyclic) bond motifs is 10. The number of methoxy groups -OCH3 is 1. The molecule has 2 aliphatic carbocycles. The van der Waals surface area contributed by atoms with Gasteiger partial charge in [-0.3, -0.25) is 4.79 Å². The third-order valence-electron chi connectivity index (χ3n) is 23.7. The number of halogens is 3. The summed E-state index contributed by atoms with van der Waals surface area (Å²) in [6.45, 7) is 15.5. The summed E-state index contributed by atoms with van der Waals surface area (Å²) < 4.78 is 71.8. The van der Waals surface area contributed by atoms with Crippen LogP contribution in [0.5, 0.6) is 23.0 Å². The SMILES string of the molecule is CCCCCC(CCC)CCc1ccc(-c2ccc(C(=O)Oc3cccc4c3c(-c3ccc(NC(=O)c5ccc(-c6ccc(C7CCC(CCCCC)CC7)cc6)cc5)cc3C)cc3c5c(c6c(c34)OC(c3ccc(OC)cc3)(c3ccc(OCCCC)cc3)C=C6)C(C)(C)c3cc(C(F)(F)F)ccc3-5)cc2)cc1. The van der Waals surface area contributed by atoms with E-state index < -0.39 is 28.7 Å². The van der Waals surface area contributed by atoms with Gasteiger partial charge in [-0.2, -0.15) is 13.2 Å². The van der Waals surface area contributed by atoms with Crippen LogP contribution in [0, 0.1) is 18.8 Å². The maximum Gasteiger partial charge on any atom is 0.416 e. The van der Waals surface area contributed by atoms with Crippen LogP contribution in [0.3, 0.4) is 0 Å². The molecule has 2 unspecified atom stereocenters. The van der Waals surface area contributed by atoms with Gasteiger partial charge in [-0.25, -0.2) is 4.79 Å². The van der Waals surface area contributed by atoms with Crippen molar-refractivity contribution >= 4 is 45.2 Å². The van der Waals surface area contributed by atoms with Crippen LogP contribution in [-0.4, -0.2) is 25.6 Å². The molecule has 0 radical (unpaired) electrons. The van der Waals surface area contributed by atoms with Crippen molar-refractivity contribution < 1.29 is 41.7 Å². The number of carbonyl (C=O) groups excluding carboxylic acids is 2. The monoisotopic (exact) mass is 1460 g/mol. The maximum atomic E-state index is 15.1. The van der Waals surface area contributed by atoms with Crippen LogP contribution in [0.15, 0.2) is 212 Å². The number of aryl methyl sites for hydroxylation is 2. The summed E-state index contributed by atoms with van der Waals surface area (Å²) in [6.07, 6.45) is 21.7. The number of unbranched alkanes of at least 4 members (excludes halogenated alkanes) is 5. The predicted octanol–water partition coefficient (Wildman–Crippen LogP) is 27.4. The molecule has 11 aromatic carbocycles. The lowest BCUT2D eigenvalue weighted by Crippen LogP contribution is -2.35. The second kappa shape index (κ2) is 32.9. The van der Waals surface area contributed by atoms with Gasteiger partial charge in [-0.1, -0.05) is 240 Å². The number of carbonyl (C=O) groups is 2. The quantitative estimate of drug-likeness (QED) is 0.0228. The van der Waals surface area contributed by atoms with Gasteiger partial charge in [0.1, 0.15) is 23.0 Å². The number of alkyl halides is 3. The zero-order chi connectivity index (χ0) is 76.0. The minimum Gasteiger partial charge on any atom is -0.497 e. The minimum absolute atomic E-state index is 0.263. The van der Waals surface area contributed by atoms with E-state index in [0.717, 1.165) is 97.9 Å². The fourth-order valence-electron chi connectivity index (χ4n) is 17.5. The van der Waals surface area contributed by atoms with Crippen LogP contribution in [0.1, 0.15) is 227 Å². The summed E-state index contributed by atoms with van der Waals surface area (Å²) in [5.41, 5.74) is 12.7. The van der Waals surface area contributed by atoms with Gasteiger partial charge in [0, 0.05) is 44.1 Å². The Bertz CT molecular complexity index is 5090. The number of ether oxygens (including phenoxy) is 4. The Morgan fingerprint density at radius 1 is 0.587 bits per heavy atom. The number of nitrogens with one attached hydrogen (secondary N) is 1. The van der Waals surface area contributed by atoms with Crippen molar-refractivity contribution in [3.63, 3.8) is 0 Å². The number of anilines is 1. The molecule has 1 amide bonds. The summed E-state index contributed by atoms with van der Waals surface area (Å²) in [4.78, 5) is 29.4. The van der Waals surface area contributed by atoms with Crippen molar-refractivity contribution in [2.24, 2.45) is 11.8 Å². The molecule has 0 bridgehead atoms. The summed E-state index contributed by atoms with van der Waals surface area (Å²) >= 11 is 0. The first-order valence-electron chi connectivity index (χ1n) is 40.0. The fraction of sp³-hybridized carbons (Fsp3) is 0.333. The molecule has 560 valence electrons. The lowest BCUT2D eigenvalue weighted by atomic mass is 9.76. The van der Waals surface area contributed by atoms with Crippen molar-refractivity contribution in [1.29, 1.82) is 0 Å². The molecule has 11 aromatic rings. The van der Waals surface area contributed by atoms with E-state index in [4.69, 9.17) is 18.9 Å². The molecule has 1 aliphatic heterocycles. The largest absolute Gasteiger partial charge is 0.497 e. The van der Waals surface area contributed by atoms with E-state index in [0.29, 0.717) is 79.3 Å². The Kier molecular flexibility index (Phi) is 22.9. The fourth-order valence-corrected chi connectivity index (χ4v) is 17.5. The van der Waals surface area contributed by atoms with E-state index in [2.05, 4.69) is 99.8 Å². The Hall–Kier alpha value is -10.2. The second-order valence-electron chi connectivity index (χ2n) is 31.3. The third kappa shape index (κ3) is 15.9. The molecule has 14 rings (SSSR count). The first-order valence-corrected chi connectivity index (χ1v) is 40.0. The van der Waals surface area contributed by atoms with Crippen LogP contribution in [0.2, 0.25) is 0 Å². The lowest BCUT2D eigenvalue weighted by Gasteiger charge is -2.39. The zero-order valence-corrected chi connectivity index (χ0v) is 64.5. The summed E-state index contributed by atoms with van der Waals surface area (Å²) in [7, 11) is 1.63. The average Bonchev–Trinajstić information content (AvgIpc) is 1.58. The Morgan fingerprint density at radius 3 is 1.84 bits per heavy atom. The average molecular weight is 1460 g/mol. The smallest absolute Gasteiger partial charge is 0.416 e. The molecule has 1 saturated carbocycles. The highest BCUT2D eigenvalue weighted by Gasteiger charge is 2.46.